The van der Waals surface area contributed by atoms with Crippen LogP contribution < -0.4 is 9.47 Å². The number of carboxylic acids is 1. The van der Waals surface area contributed by atoms with E-state index in [1.807, 2.05) is 35.4 Å². The number of aromatic nitrogens is 1. The molecule has 1 heterocycles. The Labute approximate surface area is 145 Å². The number of nitrogens with zero attached hydrogens (tertiary/aromatic N) is 2. The molecule has 6 nitrogen and oxygen atoms in total. The van der Waals surface area contributed by atoms with E-state index in [9.17, 15) is 4.79 Å². The van der Waals surface area contributed by atoms with E-state index in [0.717, 1.165) is 29.2 Å². The van der Waals surface area contributed by atoms with Crippen molar-refractivity contribution in [2.24, 2.45) is 0 Å². The van der Waals surface area contributed by atoms with Crippen LogP contribution in [0.15, 0.2) is 23.6 Å². The highest BCUT2D eigenvalue weighted by molar-refractivity contribution is 7.13. The van der Waals surface area contributed by atoms with E-state index >= 15 is 0 Å². The summed E-state index contributed by atoms with van der Waals surface area (Å²) in [7, 11) is 3.20. The molecular formula is C17H22N2O4S. The van der Waals surface area contributed by atoms with Gasteiger partial charge in [-0.2, -0.15) is 0 Å². The molecule has 0 spiro atoms. The number of hydrogen-bond acceptors (Lipinski definition) is 6. The number of benzene rings is 1. The first-order chi connectivity index (χ1) is 11.6. The molecule has 1 N–H and O–H groups in total. The minimum atomic E-state index is -0.821. The van der Waals surface area contributed by atoms with Gasteiger partial charge in [-0.3, -0.25) is 9.69 Å². The van der Waals surface area contributed by atoms with Crippen molar-refractivity contribution in [2.45, 2.75) is 19.9 Å². The summed E-state index contributed by atoms with van der Waals surface area (Å²) in [5.41, 5.74) is 1.82. The summed E-state index contributed by atoms with van der Waals surface area (Å²) < 4.78 is 10.6. The Hall–Kier alpha value is -2.12. The Morgan fingerprint density at radius 3 is 2.67 bits per heavy atom. The molecule has 0 fully saturated rings. The summed E-state index contributed by atoms with van der Waals surface area (Å²) in [5, 5.41) is 11.8. The average Bonchev–Trinajstić information content (AvgIpc) is 3.02. The SMILES string of the molecule is CCCN(CC(=O)O)Cc1csc(-c2ccc(OC)c(OC)c2)n1. The van der Waals surface area contributed by atoms with Gasteiger partial charge in [-0.15, -0.1) is 11.3 Å². The van der Waals surface area contributed by atoms with E-state index in [1.165, 1.54) is 11.3 Å². The third-order valence-corrected chi connectivity index (χ3v) is 4.41. The number of hydrogen-bond donors (Lipinski definition) is 1. The third-order valence-electron chi connectivity index (χ3n) is 3.47. The highest BCUT2D eigenvalue weighted by Gasteiger charge is 2.13. The molecule has 1 aromatic carbocycles. The van der Waals surface area contributed by atoms with Crippen LogP contribution in [0.1, 0.15) is 19.0 Å². The lowest BCUT2D eigenvalue weighted by atomic mass is 10.2. The molecule has 2 rings (SSSR count). The highest BCUT2D eigenvalue weighted by atomic mass is 32.1. The monoisotopic (exact) mass is 350 g/mol. The molecule has 0 atom stereocenters. The lowest BCUT2D eigenvalue weighted by molar-refractivity contribution is -0.138. The van der Waals surface area contributed by atoms with Crippen LogP contribution in [0.4, 0.5) is 0 Å². The summed E-state index contributed by atoms with van der Waals surface area (Å²) >= 11 is 1.53. The van der Waals surface area contributed by atoms with Gasteiger partial charge in [0.1, 0.15) is 5.01 Å². The van der Waals surface area contributed by atoms with Crippen LogP contribution in [0.25, 0.3) is 10.6 Å². The second-order valence-corrected chi connectivity index (χ2v) is 6.18. The van der Waals surface area contributed by atoms with Crippen LogP contribution in [-0.4, -0.2) is 48.3 Å². The zero-order chi connectivity index (χ0) is 17.5. The van der Waals surface area contributed by atoms with Gasteiger partial charge >= 0.3 is 5.97 Å². The number of rotatable bonds is 9. The minimum absolute atomic E-state index is 0.0249. The topological polar surface area (TPSA) is 71.9 Å². The quantitative estimate of drug-likeness (QED) is 0.749. The van der Waals surface area contributed by atoms with Crippen molar-refractivity contribution < 1.29 is 19.4 Å². The van der Waals surface area contributed by atoms with Crippen molar-refractivity contribution in [2.75, 3.05) is 27.3 Å². The van der Waals surface area contributed by atoms with Gasteiger partial charge in [0, 0.05) is 17.5 Å². The Kier molecular flexibility index (Phi) is 6.57. The Morgan fingerprint density at radius 2 is 2.04 bits per heavy atom. The van der Waals surface area contributed by atoms with Gasteiger partial charge in [-0.1, -0.05) is 6.92 Å². The third kappa shape index (κ3) is 4.69. The van der Waals surface area contributed by atoms with E-state index in [0.29, 0.717) is 18.0 Å². The summed E-state index contributed by atoms with van der Waals surface area (Å²) in [6.45, 7) is 3.32. The van der Waals surface area contributed by atoms with E-state index in [1.54, 1.807) is 14.2 Å². The van der Waals surface area contributed by atoms with Crippen LogP contribution in [0.3, 0.4) is 0 Å². The Morgan fingerprint density at radius 1 is 1.29 bits per heavy atom. The van der Waals surface area contributed by atoms with E-state index in [4.69, 9.17) is 14.6 Å². The number of methoxy groups -OCH3 is 2. The molecule has 130 valence electrons. The first kappa shape index (κ1) is 18.2. The number of aliphatic carboxylic acids is 1. The maximum absolute atomic E-state index is 10.9. The van der Waals surface area contributed by atoms with Gasteiger partial charge in [-0.05, 0) is 31.2 Å². The molecule has 24 heavy (non-hydrogen) atoms. The predicted molar refractivity (Wildman–Crippen MR) is 93.9 cm³/mol. The molecule has 0 saturated heterocycles. The molecule has 7 heteroatoms. The molecule has 0 amide bonds. The van der Waals surface area contributed by atoms with Gasteiger partial charge in [-0.25, -0.2) is 4.98 Å². The van der Waals surface area contributed by atoms with Crippen molar-refractivity contribution in [1.82, 2.24) is 9.88 Å². The second-order valence-electron chi connectivity index (χ2n) is 5.32. The summed E-state index contributed by atoms with van der Waals surface area (Å²) in [5.74, 6) is 0.512. The van der Waals surface area contributed by atoms with Crippen molar-refractivity contribution in [3.05, 3.63) is 29.3 Å². The summed E-state index contributed by atoms with van der Waals surface area (Å²) in [4.78, 5) is 17.5. The molecule has 0 aliphatic rings. The van der Waals surface area contributed by atoms with Gasteiger partial charge in [0.2, 0.25) is 0 Å². The Bertz CT molecular complexity index is 687. The molecule has 0 aliphatic heterocycles. The van der Waals surface area contributed by atoms with E-state index in [-0.39, 0.29) is 6.54 Å². The molecule has 0 radical (unpaired) electrons. The number of carboxylic acid groups (broad SMARTS) is 1. The minimum Gasteiger partial charge on any atom is -0.493 e. The van der Waals surface area contributed by atoms with Gasteiger partial charge in [0.25, 0.3) is 0 Å². The van der Waals surface area contributed by atoms with Crippen molar-refractivity contribution in [3.8, 4) is 22.1 Å². The van der Waals surface area contributed by atoms with Gasteiger partial charge < -0.3 is 14.6 Å². The number of thiazole rings is 1. The highest BCUT2D eigenvalue weighted by Crippen LogP contribution is 2.33. The smallest absolute Gasteiger partial charge is 0.317 e. The van der Waals surface area contributed by atoms with Crippen LogP contribution in [0.2, 0.25) is 0 Å². The lowest BCUT2D eigenvalue weighted by Crippen LogP contribution is -2.30. The summed E-state index contributed by atoms with van der Waals surface area (Å²) in [6, 6.07) is 5.68. The number of carbonyl (C=O) groups is 1. The van der Waals surface area contributed by atoms with Crippen LogP contribution >= 0.6 is 11.3 Å². The van der Waals surface area contributed by atoms with E-state index in [2.05, 4.69) is 4.98 Å². The maximum Gasteiger partial charge on any atom is 0.317 e. The average molecular weight is 350 g/mol. The predicted octanol–water partition coefficient (Wildman–Crippen LogP) is 3.12. The van der Waals surface area contributed by atoms with Crippen LogP contribution in [0, 0.1) is 0 Å². The van der Waals surface area contributed by atoms with Gasteiger partial charge in [0.05, 0.1) is 26.5 Å². The van der Waals surface area contributed by atoms with Crippen molar-refractivity contribution >= 4 is 17.3 Å². The summed E-state index contributed by atoms with van der Waals surface area (Å²) in [6.07, 6.45) is 0.903. The van der Waals surface area contributed by atoms with Crippen LogP contribution in [0.5, 0.6) is 11.5 Å². The standard InChI is InChI=1S/C17H22N2O4S/c1-4-7-19(10-16(20)21)9-13-11-24-17(18-13)12-5-6-14(22-2)15(8-12)23-3/h5-6,8,11H,4,7,9-10H2,1-3H3,(H,20,21). The molecule has 0 aliphatic carbocycles. The molecule has 0 saturated carbocycles. The maximum atomic E-state index is 10.9. The Balaban J connectivity index is 2.16. The molecule has 2 aromatic rings. The van der Waals surface area contributed by atoms with E-state index < -0.39 is 5.97 Å². The first-order valence-corrected chi connectivity index (χ1v) is 8.56. The lowest BCUT2D eigenvalue weighted by Gasteiger charge is -2.17. The second kappa shape index (κ2) is 8.65. The zero-order valence-electron chi connectivity index (χ0n) is 14.1. The number of ether oxygens (including phenoxy) is 2. The van der Waals surface area contributed by atoms with Crippen LogP contribution in [-0.2, 0) is 11.3 Å². The first-order valence-electron chi connectivity index (χ1n) is 7.68. The van der Waals surface area contributed by atoms with Crippen molar-refractivity contribution in [1.29, 1.82) is 0 Å². The van der Waals surface area contributed by atoms with Gasteiger partial charge in [0.15, 0.2) is 11.5 Å². The molecule has 0 unspecified atom stereocenters. The normalized spacial score (nSPS) is 10.8. The van der Waals surface area contributed by atoms with Crippen molar-refractivity contribution in [3.63, 3.8) is 0 Å². The fraction of sp³-hybridized carbons (Fsp3) is 0.412. The molecule has 0 bridgehead atoms. The fourth-order valence-corrected chi connectivity index (χ4v) is 3.24. The largest absolute Gasteiger partial charge is 0.493 e. The zero-order valence-corrected chi connectivity index (χ0v) is 14.9. The fourth-order valence-electron chi connectivity index (χ4n) is 2.43. The molecular weight excluding hydrogens is 328 g/mol. The molecule has 1 aromatic heterocycles.